The predicted octanol–water partition coefficient (Wildman–Crippen LogP) is 2.85. The van der Waals surface area contributed by atoms with Crippen molar-refractivity contribution < 1.29 is 22.9 Å². The summed E-state index contributed by atoms with van der Waals surface area (Å²) in [7, 11) is -0.386. The number of nitro groups is 1. The molecule has 2 aliphatic rings. The first-order valence-corrected chi connectivity index (χ1v) is 12.5. The number of ether oxygens (including phenoxy) is 1. The van der Waals surface area contributed by atoms with Crippen LogP contribution in [-0.2, 0) is 19.4 Å². The van der Waals surface area contributed by atoms with Gasteiger partial charge in [0.05, 0.1) is 27.7 Å². The van der Waals surface area contributed by atoms with E-state index in [-0.39, 0.29) is 39.4 Å². The fourth-order valence-corrected chi connectivity index (χ4v) is 5.47. The summed E-state index contributed by atoms with van der Waals surface area (Å²) in [5.41, 5.74) is -0.0375. The second-order valence-electron chi connectivity index (χ2n) is 8.42. The van der Waals surface area contributed by atoms with E-state index < -0.39 is 26.6 Å². The van der Waals surface area contributed by atoms with Gasteiger partial charge in [0, 0.05) is 37.7 Å². The van der Waals surface area contributed by atoms with Crippen molar-refractivity contribution >= 4 is 27.8 Å². The number of hydrogen-bond acceptors (Lipinski definition) is 8. The summed E-state index contributed by atoms with van der Waals surface area (Å²) in [6, 6.07) is 5.81. The molecule has 1 fully saturated rings. The van der Waals surface area contributed by atoms with Crippen molar-refractivity contribution in [1.29, 1.82) is 0 Å². The fourth-order valence-electron chi connectivity index (χ4n) is 4.19. The molecule has 1 aromatic rings. The van der Waals surface area contributed by atoms with Crippen molar-refractivity contribution in [3.63, 3.8) is 0 Å². The third-order valence-electron chi connectivity index (χ3n) is 5.54. The van der Waals surface area contributed by atoms with Gasteiger partial charge in [0.1, 0.15) is 11.9 Å². The molecule has 10 nitrogen and oxygen atoms in total. The summed E-state index contributed by atoms with van der Waals surface area (Å²) in [6.07, 6.45) is 5.48. The number of esters is 1. The lowest BCUT2D eigenvalue weighted by Gasteiger charge is -2.30. The van der Waals surface area contributed by atoms with Crippen LogP contribution in [0.4, 0.5) is 5.69 Å². The summed E-state index contributed by atoms with van der Waals surface area (Å²) in [5, 5.41) is 14.7. The van der Waals surface area contributed by atoms with Gasteiger partial charge in [-0.25, -0.2) is 18.2 Å². The number of sulfone groups is 1. The van der Waals surface area contributed by atoms with E-state index in [1.54, 1.807) is 32.0 Å². The maximum Gasteiger partial charge on any atom is 0.339 e. The predicted molar refractivity (Wildman–Crippen MR) is 124 cm³/mol. The first kappa shape index (κ1) is 24.4. The summed E-state index contributed by atoms with van der Waals surface area (Å²) < 4.78 is 31.4. The summed E-state index contributed by atoms with van der Waals surface area (Å²) >= 11 is 0. The fraction of sp³-hybridized carbons (Fsp3) is 0.455. The Bertz CT molecular complexity index is 1150. The number of benzene rings is 1. The highest BCUT2D eigenvalue weighted by Gasteiger charge is 2.43. The van der Waals surface area contributed by atoms with E-state index in [1.807, 2.05) is 0 Å². The van der Waals surface area contributed by atoms with Crippen LogP contribution < -0.4 is 5.32 Å². The number of nitro benzene ring substituents is 1. The van der Waals surface area contributed by atoms with Gasteiger partial charge in [0.15, 0.2) is 9.84 Å². The Balaban J connectivity index is 2.28. The lowest BCUT2D eigenvalue weighted by atomic mass is 9.86. The number of nitrogens with zero attached hydrogens (tertiary/aromatic N) is 3. The molecular weight excluding hydrogens is 448 g/mol. The molecule has 1 aliphatic carbocycles. The van der Waals surface area contributed by atoms with Crippen LogP contribution in [-0.4, -0.2) is 57.0 Å². The maximum absolute atomic E-state index is 13.5. The van der Waals surface area contributed by atoms with Crippen LogP contribution in [0.5, 0.6) is 0 Å². The molecule has 1 unspecified atom stereocenters. The average molecular weight is 477 g/mol. The van der Waals surface area contributed by atoms with Crippen molar-refractivity contribution in [3.8, 4) is 0 Å². The number of aliphatic imine (C=N–C) groups is 1. The lowest BCUT2D eigenvalue weighted by Crippen LogP contribution is -2.33. The second-order valence-corrected chi connectivity index (χ2v) is 10.4. The molecule has 0 radical (unpaired) electrons. The van der Waals surface area contributed by atoms with E-state index in [4.69, 9.17) is 4.74 Å². The van der Waals surface area contributed by atoms with Crippen molar-refractivity contribution in [2.75, 3.05) is 20.4 Å². The Morgan fingerprint density at radius 2 is 1.91 bits per heavy atom. The number of para-hydroxylation sites is 1. The molecule has 1 heterocycles. The smallest absolute Gasteiger partial charge is 0.339 e. The number of hydrogen-bond donors (Lipinski definition) is 1. The van der Waals surface area contributed by atoms with Gasteiger partial charge in [0.25, 0.3) is 5.69 Å². The highest BCUT2D eigenvalue weighted by molar-refractivity contribution is 7.94. The Kier molecular flexibility index (Phi) is 7.21. The number of allylic oxidation sites excluding steroid dienone is 2. The highest BCUT2D eigenvalue weighted by Crippen LogP contribution is 2.44. The van der Waals surface area contributed by atoms with Crippen LogP contribution in [0.3, 0.4) is 0 Å². The van der Waals surface area contributed by atoms with Gasteiger partial charge >= 0.3 is 5.97 Å². The molecule has 0 amide bonds. The Hall–Kier alpha value is -3.21. The van der Waals surface area contributed by atoms with Gasteiger partial charge in [-0.2, -0.15) is 0 Å². The van der Waals surface area contributed by atoms with Crippen LogP contribution >= 0.6 is 0 Å². The normalized spacial score (nSPS) is 19.7. The molecule has 3 rings (SSSR count). The number of nitrogens with one attached hydrogen (secondary N) is 1. The van der Waals surface area contributed by atoms with Crippen molar-refractivity contribution in [2.45, 2.75) is 44.6 Å². The summed E-state index contributed by atoms with van der Waals surface area (Å²) in [5.74, 6) is -1.89. The van der Waals surface area contributed by atoms with Gasteiger partial charge in [-0.3, -0.25) is 10.1 Å². The van der Waals surface area contributed by atoms with Gasteiger partial charge in [-0.15, -0.1) is 0 Å². The maximum atomic E-state index is 13.5. The number of carbonyl (C=O) groups excluding carboxylic acids is 1. The van der Waals surface area contributed by atoms with E-state index in [0.29, 0.717) is 12.8 Å². The molecule has 0 bridgehead atoms. The van der Waals surface area contributed by atoms with Crippen LogP contribution in [0, 0.1) is 10.1 Å². The third kappa shape index (κ3) is 5.41. The van der Waals surface area contributed by atoms with E-state index in [2.05, 4.69) is 10.3 Å². The Morgan fingerprint density at radius 3 is 2.48 bits per heavy atom. The summed E-state index contributed by atoms with van der Waals surface area (Å²) in [6.45, 7) is 1.54. The molecule has 1 saturated carbocycles. The van der Waals surface area contributed by atoms with Crippen LogP contribution in [0.25, 0.3) is 0 Å². The molecule has 178 valence electrons. The van der Waals surface area contributed by atoms with E-state index in [0.717, 1.165) is 19.1 Å². The lowest BCUT2D eigenvalue weighted by molar-refractivity contribution is -0.385. The quantitative estimate of drug-likeness (QED) is 0.209. The van der Waals surface area contributed by atoms with Crippen LogP contribution in [0.15, 0.2) is 51.3 Å². The minimum Gasteiger partial charge on any atom is -0.459 e. The largest absolute Gasteiger partial charge is 0.459 e. The molecule has 11 heteroatoms. The van der Waals surface area contributed by atoms with Crippen molar-refractivity contribution in [2.24, 2.45) is 4.99 Å². The first-order chi connectivity index (χ1) is 15.5. The van der Waals surface area contributed by atoms with Gasteiger partial charge in [-0.05, 0) is 32.6 Å². The van der Waals surface area contributed by atoms with Crippen molar-refractivity contribution in [3.05, 3.63) is 61.9 Å². The van der Waals surface area contributed by atoms with E-state index >= 15 is 0 Å². The molecule has 33 heavy (non-hydrogen) atoms. The topological polar surface area (TPSA) is 131 Å². The average Bonchev–Trinajstić information content (AvgIpc) is 3.23. The number of carbonyl (C=O) groups is 1. The molecule has 1 aromatic carbocycles. The van der Waals surface area contributed by atoms with Gasteiger partial charge in [-0.1, -0.05) is 18.2 Å². The number of dihydropyridines is 1. The van der Waals surface area contributed by atoms with Gasteiger partial charge < -0.3 is 15.0 Å². The van der Waals surface area contributed by atoms with E-state index in [1.165, 1.54) is 24.5 Å². The molecular formula is C22H28N4O6S. The third-order valence-corrected chi connectivity index (χ3v) is 6.88. The zero-order valence-corrected chi connectivity index (χ0v) is 19.9. The monoisotopic (exact) mass is 476 g/mol. The second kappa shape index (κ2) is 9.74. The Morgan fingerprint density at radius 1 is 1.27 bits per heavy atom. The molecule has 1 atom stereocenters. The number of rotatable bonds is 7. The van der Waals surface area contributed by atoms with Crippen LogP contribution in [0.2, 0.25) is 0 Å². The van der Waals surface area contributed by atoms with E-state index in [9.17, 15) is 23.3 Å². The summed E-state index contributed by atoms with van der Waals surface area (Å²) in [4.78, 5) is 30.6. The van der Waals surface area contributed by atoms with Gasteiger partial charge in [0.2, 0.25) is 0 Å². The SMILES string of the molecule is CC1=C(S(C)(=O)=O)C(c2ccccc2[N+](=O)[O-])C(C(=O)OC2CCCC2)=C(N=CN(C)C)N1. The zero-order valence-electron chi connectivity index (χ0n) is 19.1. The standard InChI is InChI=1S/C22H28N4O6S/c1-14-20(33(4,30)31)18(16-11-7-8-12-17(16)26(28)29)19(21(24-14)23-13-25(2)3)22(27)32-15-9-5-6-10-15/h7-8,11-13,15,18,24H,5-6,9-10H2,1-4H3. The Labute approximate surface area is 193 Å². The molecule has 1 aliphatic heterocycles. The zero-order chi connectivity index (χ0) is 24.3. The van der Waals surface area contributed by atoms with Crippen LogP contribution in [0.1, 0.15) is 44.1 Å². The molecule has 0 aromatic heterocycles. The highest BCUT2D eigenvalue weighted by atomic mass is 32.2. The molecule has 1 N–H and O–H groups in total. The minimum atomic E-state index is -3.87. The molecule has 0 saturated heterocycles. The first-order valence-electron chi connectivity index (χ1n) is 10.6. The minimum absolute atomic E-state index is 0.0691. The molecule has 0 spiro atoms. The van der Waals surface area contributed by atoms with Crippen molar-refractivity contribution in [1.82, 2.24) is 10.2 Å².